The highest BCUT2D eigenvalue weighted by molar-refractivity contribution is 7.15. The van der Waals surface area contributed by atoms with Crippen molar-refractivity contribution in [1.82, 2.24) is 20.2 Å². The first-order valence-electron chi connectivity index (χ1n) is 6.95. The molecule has 1 fully saturated rings. The molecule has 1 saturated heterocycles. The molecule has 0 atom stereocenters. The molecular weight excluding hydrogens is 268 g/mol. The molecule has 0 aliphatic carbocycles. The summed E-state index contributed by atoms with van der Waals surface area (Å²) in [7, 11) is 0. The number of hydrogen-bond acceptors (Lipinski definition) is 5. The van der Waals surface area contributed by atoms with E-state index in [4.69, 9.17) is 0 Å². The van der Waals surface area contributed by atoms with Crippen molar-refractivity contribution in [3.05, 3.63) is 35.6 Å². The van der Waals surface area contributed by atoms with E-state index in [0.717, 1.165) is 36.8 Å². The maximum Gasteiger partial charge on any atom is 0.123 e. The van der Waals surface area contributed by atoms with Crippen LogP contribution in [0.25, 0.3) is 10.6 Å². The minimum Gasteiger partial charge on any atom is -0.309 e. The Kier molecular flexibility index (Phi) is 3.83. The van der Waals surface area contributed by atoms with Gasteiger partial charge in [0.05, 0.1) is 0 Å². The van der Waals surface area contributed by atoms with Crippen molar-refractivity contribution in [2.24, 2.45) is 0 Å². The monoisotopic (exact) mass is 288 g/mol. The average Bonchev–Trinajstić information content (AvgIpc) is 2.87. The van der Waals surface area contributed by atoms with E-state index >= 15 is 0 Å². The molecule has 0 saturated carbocycles. The van der Waals surface area contributed by atoms with Gasteiger partial charge in [0.15, 0.2) is 0 Å². The maximum absolute atomic E-state index is 4.54. The van der Waals surface area contributed by atoms with Gasteiger partial charge in [0.25, 0.3) is 0 Å². The summed E-state index contributed by atoms with van der Waals surface area (Å²) in [5, 5.41) is 4.62. The van der Waals surface area contributed by atoms with Crippen molar-refractivity contribution in [2.75, 3.05) is 19.6 Å². The molecule has 4 nitrogen and oxygen atoms in total. The Hall–Kier alpha value is -1.30. The van der Waals surface area contributed by atoms with E-state index in [-0.39, 0.29) is 5.54 Å². The van der Waals surface area contributed by atoms with Crippen LogP contribution in [0, 0.1) is 0 Å². The topological polar surface area (TPSA) is 41.1 Å². The summed E-state index contributed by atoms with van der Waals surface area (Å²) in [6.45, 7) is 8.75. The zero-order chi connectivity index (χ0) is 14.0. The summed E-state index contributed by atoms with van der Waals surface area (Å²) in [6, 6.07) is 4.02. The van der Waals surface area contributed by atoms with E-state index in [1.54, 1.807) is 11.3 Å². The van der Waals surface area contributed by atoms with Gasteiger partial charge in [-0.3, -0.25) is 9.88 Å². The molecule has 3 heterocycles. The van der Waals surface area contributed by atoms with E-state index in [9.17, 15) is 0 Å². The first-order valence-corrected chi connectivity index (χ1v) is 7.76. The average molecular weight is 288 g/mol. The largest absolute Gasteiger partial charge is 0.309 e. The Morgan fingerprint density at radius 3 is 2.90 bits per heavy atom. The lowest BCUT2D eigenvalue weighted by molar-refractivity contribution is 0.149. The number of rotatable bonds is 3. The number of piperazine rings is 1. The highest BCUT2D eigenvalue weighted by atomic mass is 32.1. The second-order valence-corrected chi connectivity index (χ2v) is 7.00. The van der Waals surface area contributed by atoms with Gasteiger partial charge in [0.2, 0.25) is 0 Å². The summed E-state index contributed by atoms with van der Waals surface area (Å²) >= 11 is 1.78. The number of thiazole rings is 1. The molecule has 0 aromatic carbocycles. The molecule has 106 valence electrons. The van der Waals surface area contributed by atoms with Gasteiger partial charge in [0, 0.05) is 60.7 Å². The second kappa shape index (κ2) is 5.60. The van der Waals surface area contributed by atoms with Gasteiger partial charge in [-0.25, -0.2) is 4.98 Å². The van der Waals surface area contributed by atoms with Crippen LogP contribution in [0.1, 0.15) is 18.7 Å². The second-order valence-electron chi connectivity index (χ2n) is 5.89. The maximum atomic E-state index is 4.54. The third-order valence-electron chi connectivity index (χ3n) is 3.51. The molecule has 1 aliphatic heterocycles. The van der Waals surface area contributed by atoms with Crippen LogP contribution in [0.5, 0.6) is 0 Å². The van der Waals surface area contributed by atoms with Crippen LogP contribution >= 0.6 is 11.3 Å². The van der Waals surface area contributed by atoms with Gasteiger partial charge in [-0.15, -0.1) is 11.3 Å². The number of aromatic nitrogens is 2. The Balaban J connectivity index is 1.69. The van der Waals surface area contributed by atoms with Crippen LogP contribution in [-0.2, 0) is 6.54 Å². The van der Waals surface area contributed by atoms with E-state index in [1.165, 1.54) is 4.88 Å². The Labute approximate surface area is 123 Å². The zero-order valence-electron chi connectivity index (χ0n) is 12.0. The van der Waals surface area contributed by atoms with Crippen LogP contribution in [0.4, 0.5) is 0 Å². The molecule has 0 radical (unpaired) electrons. The highest BCUT2D eigenvalue weighted by Crippen LogP contribution is 2.26. The van der Waals surface area contributed by atoms with Crippen molar-refractivity contribution >= 4 is 11.3 Å². The summed E-state index contributed by atoms with van der Waals surface area (Å²) in [5.74, 6) is 0. The molecule has 2 aromatic heterocycles. The van der Waals surface area contributed by atoms with Gasteiger partial charge in [0.1, 0.15) is 5.01 Å². The van der Waals surface area contributed by atoms with E-state index in [2.05, 4.69) is 34.0 Å². The molecule has 0 spiro atoms. The molecule has 20 heavy (non-hydrogen) atoms. The standard InChI is InChI=1S/C15H20N4S/c1-15(2)11-19(8-7-18-15)10-13-9-17-14(20-13)12-3-5-16-6-4-12/h3-6,9,18H,7-8,10-11H2,1-2H3. The normalized spacial score (nSPS) is 19.1. The van der Waals surface area contributed by atoms with Crippen molar-refractivity contribution in [2.45, 2.75) is 25.9 Å². The van der Waals surface area contributed by atoms with Crippen LogP contribution in [0.2, 0.25) is 0 Å². The van der Waals surface area contributed by atoms with Gasteiger partial charge in [-0.05, 0) is 26.0 Å². The number of nitrogens with zero attached hydrogens (tertiary/aromatic N) is 3. The third-order valence-corrected chi connectivity index (χ3v) is 4.54. The number of hydrogen-bond donors (Lipinski definition) is 1. The van der Waals surface area contributed by atoms with Gasteiger partial charge in [-0.1, -0.05) is 0 Å². The van der Waals surface area contributed by atoms with E-state index < -0.39 is 0 Å². The molecule has 5 heteroatoms. The predicted octanol–water partition coefficient (Wildman–Crippen LogP) is 2.39. The van der Waals surface area contributed by atoms with Crippen LogP contribution in [-0.4, -0.2) is 40.0 Å². The number of pyridine rings is 1. The summed E-state index contributed by atoms with van der Waals surface area (Å²) in [6.07, 6.45) is 5.64. The lowest BCUT2D eigenvalue weighted by Gasteiger charge is -2.38. The van der Waals surface area contributed by atoms with Gasteiger partial charge >= 0.3 is 0 Å². The highest BCUT2D eigenvalue weighted by Gasteiger charge is 2.25. The first-order chi connectivity index (χ1) is 9.62. The van der Waals surface area contributed by atoms with Crippen molar-refractivity contribution < 1.29 is 0 Å². The van der Waals surface area contributed by atoms with Gasteiger partial charge in [-0.2, -0.15) is 0 Å². The molecular formula is C15H20N4S. The molecule has 1 aliphatic rings. The first kappa shape index (κ1) is 13.7. The summed E-state index contributed by atoms with van der Waals surface area (Å²) in [4.78, 5) is 12.4. The number of nitrogens with one attached hydrogen (secondary N) is 1. The van der Waals surface area contributed by atoms with Crippen molar-refractivity contribution in [1.29, 1.82) is 0 Å². The minimum absolute atomic E-state index is 0.205. The SMILES string of the molecule is CC1(C)CN(Cc2cnc(-c3ccncc3)s2)CCN1. The molecule has 2 aromatic rings. The van der Waals surface area contributed by atoms with Crippen molar-refractivity contribution in [3.8, 4) is 10.6 Å². The lowest BCUT2D eigenvalue weighted by Crippen LogP contribution is -2.56. The third kappa shape index (κ3) is 3.23. The minimum atomic E-state index is 0.205. The smallest absolute Gasteiger partial charge is 0.123 e. The molecule has 1 N–H and O–H groups in total. The van der Waals surface area contributed by atoms with Crippen LogP contribution in [0.3, 0.4) is 0 Å². The van der Waals surface area contributed by atoms with Crippen molar-refractivity contribution in [3.63, 3.8) is 0 Å². The zero-order valence-corrected chi connectivity index (χ0v) is 12.8. The molecule has 0 bridgehead atoms. The predicted molar refractivity (Wildman–Crippen MR) is 82.7 cm³/mol. The quantitative estimate of drug-likeness (QED) is 0.941. The Morgan fingerprint density at radius 2 is 2.15 bits per heavy atom. The summed E-state index contributed by atoms with van der Waals surface area (Å²) < 4.78 is 0. The van der Waals surface area contributed by atoms with Crippen LogP contribution < -0.4 is 5.32 Å². The van der Waals surface area contributed by atoms with Gasteiger partial charge < -0.3 is 5.32 Å². The fourth-order valence-corrected chi connectivity index (χ4v) is 3.57. The molecule has 0 unspecified atom stereocenters. The Morgan fingerprint density at radius 1 is 1.35 bits per heavy atom. The molecule has 3 rings (SSSR count). The van der Waals surface area contributed by atoms with Crippen LogP contribution in [0.15, 0.2) is 30.7 Å². The Bertz CT molecular complexity index is 564. The lowest BCUT2D eigenvalue weighted by atomic mass is 10.0. The molecule has 0 amide bonds. The van der Waals surface area contributed by atoms with E-state index in [1.807, 2.05) is 30.7 Å². The fourth-order valence-electron chi connectivity index (χ4n) is 2.61. The summed E-state index contributed by atoms with van der Waals surface area (Å²) in [5.41, 5.74) is 1.36. The van der Waals surface area contributed by atoms with E-state index in [0.29, 0.717) is 0 Å². The fraction of sp³-hybridized carbons (Fsp3) is 0.467.